The van der Waals surface area contributed by atoms with Crippen LogP contribution in [0.4, 0.5) is 0 Å². The third kappa shape index (κ3) is 4.57. The Kier molecular flexibility index (Phi) is 6.33. The van der Waals surface area contributed by atoms with Gasteiger partial charge in [0.1, 0.15) is 0 Å². The number of hydrogen-bond acceptors (Lipinski definition) is 2. The summed E-state index contributed by atoms with van der Waals surface area (Å²) in [5, 5.41) is 0. The Balaban J connectivity index is 2.09. The van der Waals surface area contributed by atoms with Gasteiger partial charge in [0.25, 0.3) is 0 Å². The molecule has 0 N–H and O–H groups in total. The lowest BCUT2D eigenvalue weighted by Gasteiger charge is -2.20. The Hall–Kier alpha value is -2.86. The first kappa shape index (κ1) is 17.5. The number of rotatable bonds is 7. The summed E-state index contributed by atoms with van der Waals surface area (Å²) in [4.78, 5) is 26.1. The number of carbonyl (C=O) groups excluding carboxylic acids is 2. The fourth-order valence-electron chi connectivity index (χ4n) is 2.45. The van der Waals surface area contributed by atoms with Gasteiger partial charge in [0.2, 0.25) is 5.91 Å². The van der Waals surface area contributed by atoms with Crippen molar-refractivity contribution in [2.45, 2.75) is 26.3 Å². The van der Waals surface area contributed by atoms with Crippen LogP contribution in [-0.2, 0) is 11.3 Å². The van der Waals surface area contributed by atoms with Gasteiger partial charge in [-0.15, -0.1) is 6.42 Å². The molecule has 0 bridgehead atoms. The molecule has 122 valence electrons. The quantitative estimate of drug-likeness (QED) is 0.577. The summed E-state index contributed by atoms with van der Waals surface area (Å²) in [6.07, 6.45) is 6.65. The van der Waals surface area contributed by atoms with Crippen LogP contribution in [0.25, 0.3) is 0 Å². The van der Waals surface area contributed by atoms with E-state index in [1.165, 1.54) is 0 Å². The van der Waals surface area contributed by atoms with E-state index < -0.39 is 0 Å². The fraction of sp³-hybridized carbons (Fsp3) is 0.238. The molecule has 0 radical (unpaired) electrons. The van der Waals surface area contributed by atoms with Crippen LogP contribution in [0.5, 0.6) is 0 Å². The molecule has 24 heavy (non-hydrogen) atoms. The SMILES string of the molecule is C#CCN(Cc1ccc(C(=O)c2ccccc2)cc1)C(=O)CCC. The van der Waals surface area contributed by atoms with Crippen molar-refractivity contribution < 1.29 is 9.59 Å². The van der Waals surface area contributed by atoms with Gasteiger partial charge < -0.3 is 4.90 Å². The van der Waals surface area contributed by atoms with E-state index in [2.05, 4.69) is 5.92 Å². The van der Waals surface area contributed by atoms with Crippen LogP contribution in [0.3, 0.4) is 0 Å². The lowest BCUT2D eigenvalue weighted by atomic mass is 10.0. The lowest BCUT2D eigenvalue weighted by molar-refractivity contribution is -0.131. The maximum Gasteiger partial charge on any atom is 0.223 e. The minimum atomic E-state index is -0.00955. The Labute approximate surface area is 143 Å². The molecule has 0 aliphatic carbocycles. The summed E-state index contributed by atoms with van der Waals surface area (Å²) in [6, 6.07) is 16.5. The average Bonchev–Trinajstić information content (AvgIpc) is 2.62. The van der Waals surface area contributed by atoms with Gasteiger partial charge in [-0.25, -0.2) is 0 Å². The Morgan fingerprint density at radius 1 is 1.00 bits per heavy atom. The van der Waals surface area contributed by atoms with E-state index in [-0.39, 0.29) is 11.7 Å². The highest BCUT2D eigenvalue weighted by molar-refractivity contribution is 6.08. The van der Waals surface area contributed by atoms with E-state index in [1.807, 2.05) is 37.3 Å². The molecule has 0 saturated heterocycles. The highest BCUT2D eigenvalue weighted by Gasteiger charge is 2.13. The van der Waals surface area contributed by atoms with Crippen molar-refractivity contribution >= 4 is 11.7 Å². The molecule has 0 atom stereocenters. The lowest BCUT2D eigenvalue weighted by Crippen LogP contribution is -2.30. The third-order valence-electron chi connectivity index (χ3n) is 3.72. The van der Waals surface area contributed by atoms with Crippen molar-refractivity contribution in [1.82, 2.24) is 4.90 Å². The molecule has 1 amide bonds. The van der Waals surface area contributed by atoms with Gasteiger partial charge in [0.15, 0.2) is 5.78 Å². The molecular formula is C21H21NO2. The van der Waals surface area contributed by atoms with E-state index >= 15 is 0 Å². The second-order valence-corrected chi connectivity index (χ2v) is 5.60. The van der Waals surface area contributed by atoms with Gasteiger partial charge >= 0.3 is 0 Å². The third-order valence-corrected chi connectivity index (χ3v) is 3.72. The molecule has 0 fully saturated rings. The molecule has 0 saturated carbocycles. The Morgan fingerprint density at radius 3 is 2.21 bits per heavy atom. The molecule has 3 heteroatoms. The summed E-state index contributed by atoms with van der Waals surface area (Å²) in [6.45, 7) is 2.72. The summed E-state index contributed by atoms with van der Waals surface area (Å²) in [5.41, 5.74) is 2.25. The Morgan fingerprint density at radius 2 is 1.62 bits per heavy atom. The zero-order valence-electron chi connectivity index (χ0n) is 13.9. The number of hydrogen-bond donors (Lipinski definition) is 0. The first-order valence-corrected chi connectivity index (χ1v) is 8.05. The van der Waals surface area contributed by atoms with Crippen LogP contribution in [0, 0.1) is 12.3 Å². The van der Waals surface area contributed by atoms with E-state index in [4.69, 9.17) is 6.42 Å². The highest BCUT2D eigenvalue weighted by atomic mass is 16.2. The molecule has 3 nitrogen and oxygen atoms in total. The van der Waals surface area contributed by atoms with Crippen LogP contribution in [0.15, 0.2) is 54.6 Å². The highest BCUT2D eigenvalue weighted by Crippen LogP contribution is 2.13. The molecule has 0 aromatic heterocycles. The van der Waals surface area contributed by atoms with Crippen LogP contribution in [0.1, 0.15) is 41.3 Å². The van der Waals surface area contributed by atoms with Crippen LogP contribution < -0.4 is 0 Å². The number of amides is 1. The molecule has 0 aliphatic rings. The summed E-state index contributed by atoms with van der Waals surface area (Å²) in [5.74, 6) is 2.58. The van der Waals surface area contributed by atoms with Crippen molar-refractivity contribution in [2.24, 2.45) is 0 Å². The fourth-order valence-corrected chi connectivity index (χ4v) is 2.45. The molecule has 2 aromatic rings. The number of nitrogens with zero attached hydrogens (tertiary/aromatic N) is 1. The van der Waals surface area contributed by atoms with Crippen LogP contribution in [0.2, 0.25) is 0 Å². The molecular weight excluding hydrogens is 298 g/mol. The Bertz CT molecular complexity index is 727. The van der Waals surface area contributed by atoms with Gasteiger partial charge in [-0.2, -0.15) is 0 Å². The average molecular weight is 319 g/mol. The topological polar surface area (TPSA) is 37.4 Å². The molecule has 2 rings (SSSR count). The zero-order chi connectivity index (χ0) is 17.4. The van der Waals surface area contributed by atoms with Gasteiger partial charge in [-0.05, 0) is 12.0 Å². The molecule has 0 heterocycles. The van der Waals surface area contributed by atoms with Crippen LogP contribution >= 0.6 is 0 Å². The van der Waals surface area contributed by atoms with Crippen molar-refractivity contribution in [2.75, 3.05) is 6.54 Å². The summed E-state index contributed by atoms with van der Waals surface area (Å²) in [7, 11) is 0. The van der Waals surface area contributed by atoms with Crippen LogP contribution in [-0.4, -0.2) is 23.1 Å². The van der Waals surface area contributed by atoms with E-state index in [0.29, 0.717) is 30.6 Å². The maximum atomic E-state index is 12.4. The maximum absolute atomic E-state index is 12.4. The number of benzene rings is 2. The zero-order valence-corrected chi connectivity index (χ0v) is 13.9. The van der Waals surface area contributed by atoms with Gasteiger partial charge in [-0.3, -0.25) is 9.59 Å². The first-order chi connectivity index (χ1) is 11.7. The number of carbonyl (C=O) groups is 2. The summed E-state index contributed by atoms with van der Waals surface area (Å²) >= 11 is 0. The number of terminal acetylenes is 1. The monoisotopic (exact) mass is 319 g/mol. The molecule has 0 aliphatic heterocycles. The minimum Gasteiger partial charge on any atom is -0.327 e. The normalized spacial score (nSPS) is 10.0. The van der Waals surface area contributed by atoms with E-state index in [9.17, 15) is 9.59 Å². The molecule has 0 unspecified atom stereocenters. The second-order valence-electron chi connectivity index (χ2n) is 5.60. The standard InChI is InChI=1S/C21H21NO2/c1-3-8-20(23)22(15-4-2)16-17-11-13-19(14-12-17)21(24)18-9-6-5-7-10-18/h2,5-7,9-14H,3,8,15-16H2,1H3. The number of ketones is 1. The van der Waals surface area contributed by atoms with Crippen molar-refractivity contribution in [3.8, 4) is 12.3 Å². The van der Waals surface area contributed by atoms with Crippen molar-refractivity contribution in [1.29, 1.82) is 0 Å². The smallest absolute Gasteiger partial charge is 0.223 e. The predicted octanol–water partition coefficient (Wildman–Crippen LogP) is 3.68. The van der Waals surface area contributed by atoms with Gasteiger partial charge in [-0.1, -0.05) is 67.4 Å². The van der Waals surface area contributed by atoms with E-state index in [0.717, 1.165) is 12.0 Å². The largest absolute Gasteiger partial charge is 0.327 e. The first-order valence-electron chi connectivity index (χ1n) is 8.05. The van der Waals surface area contributed by atoms with Gasteiger partial charge in [0, 0.05) is 24.1 Å². The molecule has 0 spiro atoms. The van der Waals surface area contributed by atoms with Gasteiger partial charge in [0.05, 0.1) is 6.54 Å². The molecule has 2 aromatic carbocycles. The van der Waals surface area contributed by atoms with E-state index in [1.54, 1.807) is 29.2 Å². The van der Waals surface area contributed by atoms with Crippen molar-refractivity contribution in [3.05, 3.63) is 71.3 Å². The van der Waals surface area contributed by atoms with Crippen molar-refractivity contribution in [3.63, 3.8) is 0 Å². The second kappa shape index (κ2) is 8.69. The minimum absolute atomic E-state index is 0.00955. The summed E-state index contributed by atoms with van der Waals surface area (Å²) < 4.78 is 0. The predicted molar refractivity (Wildman–Crippen MR) is 95.5 cm³/mol.